The minimum atomic E-state index is -0.818. The molecule has 0 bridgehead atoms. The van der Waals surface area contributed by atoms with Gasteiger partial charge in [0.2, 0.25) is 0 Å². The molecule has 2 heterocycles. The molecule has 0 saturated carbocycles. The Morgan fingerprint density at radius 1 is 1.06 bits per heavy atom. The summed E-state index contributed by atoms with van der Waals surface area (Å²) in [6.45, 7) is 0.116. The first kappa shape index (κ1) is 20.8. The van der Waals surface area contributed by atoms with Gasteiger partial charge in [0.15, 0.2) is 0 Å². The Labute approximate surface area is 187 Å². The Bertz CT molecular complexity index is 1160. The van der Waals surface area contributed by atoms with Crippen molar-refractivity contribution in [3.8, 4) is 5.75 Å². The Hall–Kier alpha value is -3.45. The van der Waals surface area contributed by atoms with Gasteiger partial charge in [0.1, 0.15) is 11.5 Å². The molecule has 0 spiro atoms. The number of pyridine rings is 1. The number of carbonyl (C=O) groups excluding carboxylic acids is 2. The Kier molecular flexibility index (Phi) is 5.86. The number of methoxy groups -OCH3 is 1. The average molecular weight is 479 g/mol. The van der Waals surface area contributed by atoms with Crippen LogP contribution in [0, 0.1) is 0 Å². The summed E-state index contributed by atoms with van der Waals surface area (Å²) in [6, 6.07) is 18.6. The van der Waals surface area contributed by atoms with E-state index in [1.165, 1.54) is 12.0 Å². The monoisotopic (exact) mass is 478 g/mol. The van der Waals surface area contributed by atoms with E-state index in [1.807, 2.05) is 12.1 Å². The smallest absolute Gasteiger partial charge is 0.296 e. The highest BCUT2D eigenvalue weighted by molar-refractivity contribution is 9.10. The number of aromatic nitrogens is 1. The number of carbonyl (C=O) groups is 2. The van der Waals surface area contributed by atoms with E-state index in [2.05, 4.69) is 20.9 Å². The van der Waals surface area contributed by atoms with Crippen molar-refractivity contribution in [2.75, 3.05) is 7.11 Å². The van der Waals surface area contributed by atoms with Crippen LogP contribution in [0.3, 0.4) is 0 Å². The molecule has 1 atom stereocenters. The molecule has 1 amide bonds. The van der Waals surface area contributed by atoms with E-state index in [4.69, 9.17) is 4.74 Å². The second-order valence-electron chi connectivity index (χ2n) is 7.00. The first-order chi connectivity index (χ1) is 15.0. The Balaban J connectivity index is 1.90. The standard InChI is InChI=1S/C24H19BrN2O4/c1-31-19-8-3-2-7-18(19)21-20(22(28)15-9-11-16(25)12-10-15)23(29)24(30)27(21)14-17-6-4-5-13-26-17/h2-13,21,28H,14H2,1H3/b22-20-. The van der Waals surface area contributed by atoms with Crippen molar-refractivity contribution in [3.05, 3.63) is 99.8 Å². The number of likely N-dealkylation sites (tertiary alicyclic amines) is 1. The minimum Gasteiger partial charge on any atom is -0.507 e. The van der Waals surface area contributed by atoms with Crippen molar-refractivity contribution in [2.45, 2.75) is 12.6 Å². The van der Waals surface area contributed by atoms with Gasteiger partial charge in [-0.15, -0.1) is 0 Å². The number of aliphatic hydroxyl groups is 1. The third-order valence-electron chi connectivity index (χ3n) is 5.15. The average Bonchev–Trinajstić information content (AvgIpc) is 3.04. The fourth-order valence-corrected chi connectivity index (χ4v) is 3.95. The zero-order chi connectivity index (χ0) is 22.0. The van der Waals surface area contributed by atoms with Crippen molar-refractivity contribution in [1.82, 2.24) is 9.88 Å². The topological polar surface area (TPSA) is 79.7 Å². The summed E-state index contributed by atoms with van der Waals surface area (Å²) in [5, 5.41) is 11.1. The number of ether oxygens (including phenoxy) is 1. The molecule has 1 fully saturated rings. The molecule has 3 aromatic rings. The molecule has 156 valence electrons. The van der Waals surface area contributed by atoms with Crippen LogP contribution in [0.25, 0.3) is 5.76 Å². The van der Waals surface area contributed by atoms with Crippen LogP contribution >= 0.6 is 15.9 Å². The van der Waals surface area contributed by atoms with E-state index in [9.17, 15) is 14.7 Å². The molecular formula is C24H19BrN2O4. The number of rotatable bonds is 5. The first-order valence-corrected chi connectivity index (χ1v) is 10.4. The summed E-state index contributed by atoms with van der Waals surface area (Å²) in [5.74, 6) is -1.15. The van der Waals surface area contributed by atoms with Gasteiger partial charge in [0, 0.05) is 21.8 Å². The number of amides is 1. The lowest BCUT2D eigenvalue weighted by molar-refractivity contribution is -0.140. The Morgan fingerprint density at radius 3 is 2.45 bits per heavy atom. The third kappa shape index (κ3) is 3.96. The number of nitrogens with zero attached hydrogens (tertiary/aromatic N) is 2. The SMILES string of the molecule is COc1ccccc1C1/C(=C(/O)c2ccc(Br)cc2)C(=O)C(=O)N1Cc1ccccn1. The normalized spacial score (nSPS) is 17.7. The van der Waals surface area contributed by atoms with Crippen molar-refractivity contribution in [1.29, 1.82) is 0 Å². The molecule has 0 aliphatic carbocycles. The number of benzene rings is 2. The number of ketones is 1. The summed E-state index contributed by atoms with van der Waals surface area (Å²) in [4.78, 5) is 31.9. The van der Waals surface area contributed by atoms with Crippen LogP contribution in [-0.2, 0) is 16.1 Å². The van der Waals surface area contributed by atoms with Crippen LogP contribution in [0.4, 0.5) is 0 Å². The van der Waals surface area contributed by atoms with Crippen LogP contribution in [0.15, 0.2) is 83.0 Å². The molecule has 7 heteroatoms. The van der Waals surface area contributed by atoms with E-state index in [-0.39, 0.29) is 17.9 Å². The predicted molar refractivity (Wildman–Crippen MR) is 119 cm³/mol. The van der Waals surface area contributed by atoms with Gasteiger partial charge in [0.25, 0.3) is 11.7 Å². The largest absolute Gasteiger partial charge is 0.507 e. The van der Waals surface area contributed by atoms with Crippen LogP contribution < -0.4 is 4.74 Å². The summed E-state index contributed by atoms with van der Waals surface area (Å²) in [7, 11) is 1.53. The van der Waals surface area contributed by atoms with Crippen LogP contribution in [0.2, 0.25) is 0 Å². The van der Waals surface area contributed by atoms with Crippen LogP contribution in [0.1, 0.15) is 22.9 Å². The van der Waals surface area contributed by atoms with Crippen LogP contribution in [0.5, 0.6) is 5.75 Å². The molecule has 1 unspecified atom stereocenters. The number of hydrogen-bond acceptors (Lipinski definition) is 5. The number of halogens is 1. The molecule has 1 aliphatic heterocycles. The fourth-order valence-electron chi connectivity index (χ4n) is 3.69. The van der Waals surface area contributed by atoms with Gasteiger partial charge in [-0.25, -0.2) is 0 Å². The molecular weight excluding hydrogens is 460 g/mol. The van der Waals surface area contributed by atoms with Gasteiger partial charge in [-0.05, 0) is 30.3 Å². The highest BCUT2D eigenvalue weighted by Gasteiger charge is 2.47. The van der Waals surface area contributed by atoms with E-state index in [1.54, 1.807) is 60.8 Å². The molecule has 0 radical (unpaired) electrons. The fraction of sp³-hybridized carbons (Fsp3) is 0.125. The van der Waals surface area contributed by atoms with E-state index in [0.29, 0.717) is 22.6 Å². The zero-order valence-corrected chi connectivity index (χ0v) is 18.2. The molecule has 1 N–H and O–H groups in total. The maximum atomic E-state index is 13.1. The number of Topliss-reactive ketones (excluding diaryl/α,β-unsaturated/α-hetero) is 1. The highest BCUT2D eigenvalue weighted by Crippen LogP contribution is 2.43. The van der Waals surface area contributed by atoms with Gasteiger partial charge in [-0.3, -0.25) is 14.6 Å². The van der Waals surface area contributed by atoms with Crippen molar-refractivity contribution in [2.24, 2.45) is 0 Å². The molecule has 1 aliphatic rings. The van der Waals surface area contributed by atoms with Crippen LogP contribution in [-0.4, -0.2) is 33.8 Å². The second-order valence-corrected chi connectivity index (χ2v) is 7.91. The quantitative estimate of drug-likeness (QED) is 0.332. The lowest BCUT2D eigenvalue weighted by Gasteiger charge is -2.26. The Morgan fingerprint density at radius 2 is 1.77 bits per heavy atom. The van der Waals surface area contributed by atoms with Gasteiger partial charge in [0.05, 0.1) is 31.0 Å². The summed E-state index contributed by atoms with van der Waals surface area (Å²) in [5.41, 5.74) is 1.71. The molecule has 6 nitrogen and oxygen atoms in total. The predicted octanol–water partition coefficient (Wildman–Crippen LogP) is 4.47. The summed E-state index contributed by atoms with van der Waals surface area (Å²) >= 11 is 3.36. The molecule has 31 heavy (non-hydrogen) atoms. The number of para-hydroxylation sites is 1. The maximum Gasteiger partial charge on any atom is 0.296 e. The zero-order valence-electron chi connectivity index (χ0n) is 16.7. The highest BCUT2D eigenvalue weighted by atomic mass is 79.9. The first-order valence-electron chi connectivity index (χ1n) is 9.58. The lowest BCUT2D eigenvalue weighted by Crippen LogP contribution is -2.29. The minimum absolute atomic E-state index is 0.0211. The maximum absolute atomic E-state index is 13.1. The molecule has 2 aromatic carbocycles. The van der Waals surface area contributed by atoms with Gasteiger partial charge >= 0.3 is 0 Å². The summed E-state index contributed by atoms with van der Waals surface area (Å²) in [6.07, 6.45) is 1.63. The molecule has 1 saturated heterocycles. The van der Waals surface area contributed by atoms with Gasteiger partial charge in [-0.2, -0.15) is 0 Å². The summed E-state index contributed by atoms with van der Waals surface area (Å²) < 4.78 is 6.34. The third-order valence-corrected chi connectivity index (χ3v) is 5.68. The van der Waals surface area contributed by atoms with E-state index in [0.717, 1.165) is 4.47 Å². The van der Waals surface area contributed by atoms with Gasteiger partial charge < -0.3 is 14.7 Å². The lowest BCUT2D eigenvalue weighted by atomic mass is 9.94. The number of hydrogen-bond donors (Lipinski definition) is 1. The van der Waals surface area contributed by atoms with Crippen molar-refractivity contribution >= 4 is 33.4 Å². The van der Waals surface area contributed by atoms with E-state index < -0.39 is 17.7 Å². The van der Waals surface area contributed by atoms with Crippen molar-refractivity contribution in [3.63, 3.8) is 0 Å². The van der Waals surface area contributed by atoms with E-state index >= 15 is 0 Å². The number of aliphatic hydroxyl groups excluding tert-OH is 1. The van der Waals surface area contributed by atoms with Gasteiger partial charge in [-0.1, -0.05) is 52.3 Å². The molecule has 4 rings (SSSR count). The van der Waals surface area contributed by atoms with Crippen molar-refractivity contribution < 1.29 is 19.4 Å². The molecule has 1 aromatic heterocycles. The second kappa shape index (κ2) is 8.73.